The number of nitrogens with zero attached hydrogens (tertiary/aromatic N) is 1. The number of hydrogen-bond donors (Lipinski definition) is 1. The van der Waals surface area contributed by atoms with Crippen molar-refractivity contribution >= 4 is 27.6 Å². The molecule has 0 saturated carbocycles. The Balaban J connectivity index is 2.06. The summed E-state index contributed by atoms with van der Waals surface area (Å²) in [5.41, 5.74) is 0.294. The standard InChI is InChI=1S/C11H13NO6S2/c13-10-3-1-2-9(8-10)11(14)17-4-6-19-20-7-5-18-12(15)16/h1-3,8,13H,4-7H2. The van der Waals surface area contributed by atoms with Crippen LogP contribution in [0.15, 0.2) is 24.3 Å². The number of phenols is 1. The molecule has 20 heavy (non-hydrogen) atoms. The van der Waals surface area contributed by atoms with Crippen LogP contribution in [0.25, 0.3) is 0 Å². The van der Waals surface area contributed by atoms with Crippen LogP contribution in [-0.2, 0) is 9.57 Å². The van der Waals surface area contributed by atoms with Crippen LogP contribution in [0.5, 0.6) is 5.75 Å². The first-order valence-electron chi connectivity index (χ1n) is 5.57. The van der Waals surface area contributed by atoms with Crippen LogP contribution < -0.4 is 0 Å². The lowest BCUT2D eigenvalue weighted by Crippen LogP contribution is -2.07. The zero-order valence-electron chi connectivity index (χ0n) is 10.4. The van der Waals surface area contributed by atoms with E-state index in [1.807, 2.05) is 0 Å². The van der Waals surface area contributed by atoms with Gasteiger partial charge in [0.1, 0.15) is 19.0 Å². The number of ether oxygens (including phenoxy) is 1. The molecule has 110 valence electrons. The monoisotopic (exact) mass is 319 g/mol. The fraction of sp³-hybridized carbons (Fsp3) is 0.364. The molecule has 0 atom stereocenters. The number of carbonyl (C=O) groups excluding carboxylic acids is 1. The van der Waals surface area contributed by atoms with Gasteiger partial charge in [0.05, 0.1) is 5.56 Å². The molecule has 1 aromatic carbocycles. The van der Waals surface area contributed by atoms with Gasteiger partial charge in [0, 0.05) is 11.5 Å². The zero-order chi connectivity index (χ0) is 14.8. The van der Waals surface area contributed by atoms with Crippen LogP contribution in [0, 0.1) is 10.1 Å². The van der Waals surface area contributed by atoms with Crippen molar-refractivity contribution in [3.63, 3.8) is 0 Å². The maximum absolute atomic E-state index is 11.6. The highest BCUT2D eigenvalue weighted by Crippen LogP contribution is 2.20. The number of esters is 1. The van der Waals surface area contributed by atoms with Gasteiger partial charge in [-0.05, 0) is 18.2 Å². The summed E-state index contributed by atoms with van der Waals surface area (Å²) >= 11 is 0. The van der Waals surface area contributed by atoms with Crippen molar-refractivity contribution < 1.29 is 24.6 Å². The number of benzene rings is 1. The lowest BCUT2D eigenvalue weighted by Gasteiger charge is -2.04. The summed E-state index contributed by atoms with van der Waals surface area (Å²) in [6.45, 7) is 0.260. The summed E-state index contributed by atoms with van der Waals surface area (Å²) in [6.07, 6.45) is 0. The van der Waals surface area contributed by atoms with E-state index < -0.39 is 11.1 Å². The number of aromatic hydroxyl groups is 1. The second-order valence-corrected chi connectivity index (χ2v) is 6.09. The maximum atomic E-state index is 11.6. The molecule has 0 amide bonds. The molecule has 0 aliphatic carbocycles. The van der Waals surface area contributed by atoms with Gasteiger partial charge in [0.15, 0.2) is 0 Å². The highest BCUT2D eigenvalue weighted by atomic mass is 33.1. The number of hydrogen-bond acceptors (Lipinski definition) is 8. The third kappa shape index (κ3) is 7.10. The van der Waals surface area contributed by atoms with E-state index in [2.05, 4.69) is 4.84 Å². The second-order valence-electron chi connectivity index (χ2n) is 3.39. The molecule has 0 spiro atoms. The van der Waals surface area contributed by atoms with Crippen LogP contribution in [0.3, 0.4) is 0 Å². The fourth-order valence-corrected chi connectivity index (χ4v) is 2.79. The molecule has 0 aliphatic rings. The van der Waals surface area contributed by atoms with Crippen LogP contribution in [0.4, 0.5) is 0 Å². The van der Waals surface area contributed by atoms with Gasteiger partial charge >= 0.3 is 5.97 Å². The van der Waals surface area contributed by atoms with Gasteiger partial charge in [-0.15, -0.1) is 10.1 Å². The predicted octanol–water partition coefficient (Wildman–Crippen LogP) is 2.14. The minimum atomic E-state index is -0.831. The molecule has 1 N–H and O–H groups in total. The molecule has 0 bridgehead atoms. The smallest absolute Gasteiger partial charge is 0.338 e. The Morgan fingerprint density at radius 1 is 1.30 bits per heavy atom. The maximum Gasteiger partial charge on any atom is 0.338 e. The van der Waals surface area contributed by atoms with Crippen molar-refractivity contribution in [2.45, 2.75) is 0 Å². The molecule has 7 nitrogen and oxygen atoms in total. The Morgan fingerprint density at radius 3 is 2.65 bits per heavy atom. The van der Waals surface area contributed by atoms with E-state index in [0.29, 0.717) is 17.1 Å². The van der Waals surface area contributed by atoms with E-state index in [0.717, 1.165) is 0 Å². The average molecular weight is 319 g/mol. The quantitative estimate of drug-likeness (QED) is 0.243. The van der Waals surface area contributed by atoms with E-state index in [4.69, 9.17) is 4.74 Å². The third-order valence-electron chi connectivity index (χ3n) is 1.93. The van der Waals surface area contributed by atoms with Crippen LogP contribution >= 0.6 is 21.6 Å². The van der Waals surface area contributed by atoms with Gasteiger partial charge < -0.3 is 14.7 Å². The number of carbonyl (C=O) groups is 1. The van der Waals surface area contributed by atoms with E-state index in [9.17, 15) is 20.0 Å². The highest BCUT2D eigenvalue weighted by Gasteiger charge is 2.07. The Morgan fingerprint density at radius 2 is 2.00 bits per heavy atom. The lowest BCUT2D eigenvalue weighted by atomic mass is 10.2. The van der Waals surface area contributed by atoms with Gasteiger partial charge in [0.25, 0.3) is 5.09 Å². The zero-order valence-corrected chi connectivity index (χ0v) is 12.0. The summed E-state index contributed by atoms with van der Waals surface area (Å²) in [4.78, 5) is 25.6. The third-order valence-corrected chi connectivity index (χ3v) is 4.26. The van der Waals surface area contributed by atoms with Crippen molar-refractivity contribution in [2.75, 3.05) is 24.7 Å². The molecule has 0 unspecified atom stereocenters. The Bertz CT molecular complexity index is 456. The van der Waals surface area contributed by atoms with E-state index in [1.165, 1.54) is 33.7 Å². The number of rotatable bonds is 9. The summed E-state index contributed by atoms with van der Waals surface area (Å²) in [5, 5.41) is 18.2. The molecule has 1 rings (SSSR count). The Kier molecular flexibility index (Phi) is 7.66. The van der Waals surface area contributed by atoms with E-state index in [-0.39, 0.29) is 19.0 Å². The summed E-state index contributed by atoms with van der Waals surface area (Å²) in [6, 6.07) is 5.92. The molecule has 1 aromatic rings. The predicted molar refractivity (Wildman–Crippen MR) is 76.3 cm³/mol. The first-order chi connectivity index (χ1) is 9.59. The Hall–Kier alpha value is -1.61. The van der Waals surface area contributed by atoms with Crippen molar-refractivity contribution in [2.24, 2.45) is 0 Å². The molecular weight excluding hydrogens is 306 g/mol. The number of phenolic OH excluding ortho intramolecular Hbond substituents is 1. The summed E-state index contributed by atoms with van der Waals surface area (Å²) < 4.78 is 5.00. The molecule has 0 aliphatic heterocycles. The van der Waals surface area contributed by atoms with E-state index >= 15 is 0 Å². The SMILES string of the molecule is O=C(OCCSSCCO[N+](=O)[O-])c1cccc(O)c1. The average Bonchev–Trinajstić information content (AvgIpc) is 2.41. The molecular formula is C11H13NO6S2. The first-order valence-corrected chi connectivity index (χ1v) is 8.06. The molecule has 9 heteroatoms. The van der Waals surface area contributed by atoms with Gasteiger partial charge in [-0.3, -0.25) is 0 Å². The first kappa shape index (κ1) is 16.4. The highest BCUT2D eigenvalue weighted by molar-refractivity contribution is 8.76. The fourth-order valence-electron chi connectivity index (χ4n) is 1.15. The van der Waals surface area contributed by atoms with Gasteiger partial charge in [0.2, 0.25) is 0 Å². The normalized spacial score (nSPS) is 10.0. The lowest BCUT2D eigenvalue weighted by molar-refractivity contribution is -0.756. The van der Waals surface area contributed by atoms with Gasteiger partial charge in [-0.25, -0.2) is 4.79 Å². The molecule has 0 fully saturated rings. The van der Waals surface area contributed by atoms with Crippen LogP contribution in [0.2, 0.25) is 0 Å². The molecule has 0 radical (unpaired) electrons. The second kappa shape index (κ2) is 9.32. The topological polar surface area (TPSA) is 98.9 Å². The van der Waals surface area contributed by atoms with Crippen molar-refractivity contribution in [1.82, 2.24) is 0 Å². The Labute approximate surface area is 123 Å². The van der Waals surface area contributed by atoms with E-state index in [1.54, 1.807) is 12.1 Å². The van der Waals surface area contributed by atoms with Crippen molar-refractivity contribution in [3.8, 4) is 5.75 Å². The largest absolute Gasteiger partial charge is 0.508 e. The molecule has 0 aromatic heterocycles. The molecule has 0 saturated heterocycles. The van der Waals surface area contributed by atoms with Crippen molar-refractivity contribution in [1.29, 1.82) is 0 Å². The minimum absolute atomic E-state index is 0.00942. The summed E-state index contributed by atoms with van der Waals surface area (Å²) in [5.74, 6) is 0.554. The molecule has 0 heterocycles. The minimum Gasteiger partial charge on any atom is -0.508 e. The van der Waals surface area contributed by atoms with Crippen molar-refractivity contribution in [3.05, 3.63) is 39.9 Å². The van der Waals surface area contributed by atoms with Crippen LogP contribution in [-0.4, -0.2) is 40.9 Å². The van der Waals surface area contributed by atoms with Gasteiger partial charge in [-0.1, -0.05) is 27.7 Å². The summed E-state index contributed by atoms with van der Waals surface area (Å²) in [7, 11) is 2.83. The van der Waals surface area contributed by atoms with Gasteiger partial charge in [-0.2, -0.15) is 0 Å². The van der Waals surface area contributed by atoms with Crippen LogP contribution in [0.1, 0.15) is 10.4 Å².